The lowest BCUT2D eigenvalue weighted by atomic mass is 9.98. The van der Waals surface area contributed by atoms with Crippen LogP contribution in [0.15, 0.2) is 21.7 Å². The number of hydrogen-bond acceptors (Lipinski definition) is 0. The molecule has 0 nitrogen and oxygen atoms in total. The van der Waals surface area contributed by atoms with Crippen LogP contribution in [0.25, 0.3) is 0 Å². The largest absolute Gasteiger partial charge is 0.0891 e. The maximum Gasteiger partial charge on any atom is 0.0282 e. The third-order valence-electron chi connectivity index (χ3n) is 1.53. The summed E-state index contributed by atoms with van der Waals surface area (Å²) in [6, 6.07) is 0. The molecule has 0 spiro atoms. The third-order valence-corrected chi connectivity index (χ3v) is 2.39. The monoisotopic (exact) mass is 175 g/mol. The molecular formula is C8H9Cl2. The SMILES string of the molecule is C[C]1CC(Cl)=CC(C)=C1Cl. The van der Waals surface area contributed by atoms with Gasteiger partial charge < -0.3 is 0 Å². The molecule has 0 aromatic heterocycles. The first-order valence-electron chi connectivity index (χ1n) is 3.16. The molecule has 0 aromatic carbocycles. The lowest BCUT2D eigenvalue weighted by Crippen LogP contribution is -1.99. The van der Waals surface area contributed by atoms with Crippen molar-refractivity contribution >= 4 is 23.2 Å². The lowest BCUT2D eigenvalue weighted by Gasteiger charge is -2.15. The molecule has 0 aromatic rings. The normalized spacial score (nSPS) is 21.4. The Labute approximate surface area is 71.5 Å². The Balaban J connectivity index is 2.92. The maximum absolute atomic E-state index is 5.92. The summed E-state index contributed by atoms with van der Waals surface area (Å²) in [5, 5.41) is 1.74. The van der Waals surface area contributed by atoms with Crippen LogP contribution in [0, 0.1) is 5.92 Å². The van der Waals surface area contributed by atoms with Crippen molar-refractivity contribution in [1.29, 1.82) is 0 Å². The van der Waals surface area contributed by atoms with Crippen molar-refractivity contribution in [3.05, 3.63) is 27.6 Å². The van der Waals surface area contributed by atoms with E-state index in [4.69, 9.17) is 23.2 Å². The second-order valence-electron chi connectivity index (χ2n) is 2.55. The van der Waals surface area contributed by atoms with Gasteiger partial charge in [-0.1, -0.05) is 30.1 Å². The average molecular weight is 176 g/mol. The molecule has 10 heavy (non-hydrogen) atoms. The first kappa shape index (κ1) is 8.16. The van der Waals surface area contributed by atoms with E-state index in [0.717, 1.165) is 28.0 Å². The summed E-state index contributed by atoms with van der Waals surface area (Å²) in [6.07, 6.45) is 2.72. The van der Waals surface area contributed by atoms with Gasteiger partial charge in [0.25, 0.3) is 0 Å². The van der Waals surface area contributed by atoms with E-state index < -0.39 is 0 Å². The summed E-state index contributed by atoms with van der Waals surface area (Å²) < 4.78 is 0. The third kappa shape index (κ3) is 1.56. The molecular weight excluding hydrogens is 167 g/mol. The van der Waals surface area contributed by atoms with Crippen molar-refractivity contribution in [3.63, 3.8) is 0 Å². The summed E-state index contributed by atoms with van der Waals surface area (Å²) in [5.41, 5.74) is 1.07. The van der Waals surface area contributed by atoms with E-state index in [1.807, 2.05) is 19.9 Å². The van der Waals surface area contributed by atoms with E-state index in [1.165, 1.54) is 0 Å². The number of halogens is 2. The van der Waals surface area contributed by atoms with Crippen molar-refractivity contribution in [3.8, 4) is 0 Å². The highest BCUT2D eigenvalue weighted by Gasteiger charge is 2.15. The Morgan fingerprint density at radius 2 is 1.90 bits per heavy atom. The Morgan fingerprint density at radius 3 is 2.40 bits per heavy atom. The van der Waals surface area contributed by atoms with Crippen LogP contribution in [0.2, 0.25) is 0 Å². The second-order valence-corrected chi connectivity index (χ2v) is 3.41. The lowest BCUT2D eigenvalue weighted by molar-refractivity contribution is 1.00. The van der Waals surface area contributed by atoms with Crippen LogP contribution in [0.1, 0.15) is 20.3 Å². The van der Waals surface area contributed by atoms with E-state index in [2.05, 4.69) is 0 Å². The summed E-state index contributed by atoms with van der Waals surface area (Å²) in [7, 11) is 0. The predicted molar refractivity (Wildman–Crippen MR) is 46.0 cm³/mol. The molecule has 1 radical (unpaired) electrons. The Kier molecular flexibility index (Phi) is 2.43. The minimum Gasteiger partial charge on any atom is -0.0891 e. The van der Waals surface area contributed by atoms with Crippen molar-refractivity contribution in [2.45, 2.75) is 20.3 Å². The van der Waals surface area contributed by atoms with Gasteiger partial charge in [-0.05, 0) is 25.0 Å². The predicted octanol–water partition coefficient (Wildman–Crippen LogP) is 3.62. The smallest absolute Gasteiger partial charge is 0.0282 e. The molecule has 0 aliphatic heterocycles. The quantitative estimate of drug-likeness (QED) is 0.528. The molecule has 0 saturated heterocycles. The summed E-state index contributed by atoms with van der Waals surface area (Å²) in [5.74, 6) is 1.16. The van der Waals surface area contributed by atoms with Crippen LogP contribution >= 0.6 is 23.2 Å². The Bertz CT molecular complexity index is 201. The first-order valence-corrected chi connectivity index (χ1v) is 3.92. The van der Waals surface area contributed by atoms with Gasteiger partial charge >= 0.3 is 0 Å². The molecule has 0 heterocycles. The van der Waals surface area contributed by atoms with E-state index in [-0.39, 0.29) is 0 Å². The molecule has 0 amide bonds. The van der Waals surface area contributed by atoms with Crippen LogP contribution in [0.4, 0.5) is 0 Å². The zero-order valence-electron chi connectivity index (χ0n) is 6.04. The fourth-order valence-corrected chi connectivity index (χ4v) is 1.50. The molecule has 1 rings (SSSR count). The van der Waals surface area contributed by atoms with Crippen LogP contribution in [-0.4, -0.2) is 0 Å². The zero-order valence-corrected chi connectivity index (χ0v) is 7.55. The summed E-state index contributed by atoms with van der Waals surface area (Å²) in [4.78, 5) is 0. The number of hydrogen-bond donors (Lipinski definition) is 0. The van der Waals surface area contributed by atoms with Crippen LogP contribution in [0.5, 0.6) is 0 Å². The highest BCUT2D eigenvalue weighted by atomic mass is 35.5. The minimum absolute atomic E-state index is 0.803. The summed E-state index contributed by atoms with van der Waals surface area (Å²) in [6.45, 7) is 3.97. The molecule has 1 aliphatic rings. The van der Waals surface area contributed by atoms with Crippen molar-refractivity contribution in [2.75, 3.05) is 0 Å². The van der Waals surface area contributed by atoms with Gasteiger partial charge in [-0.3, -0.25) is 0 Å². The van der Waals surface area contributed by atoms with E-state index in [0.29, 0.717) is 0 Å². The fraction of sp³-hybridized carbons (Fsp3) is 0.375. The van der Waals surface area contributed by atoms with E-state index >= 15 is 0 Å². The molecule has 2 heteroatoms. The highest BCUT2D eigenvalue weighted by molar-refractivity contribution is 6.34. The van der Waals surface area contributed by atoms with Crippen LogP contribution in [0.3, 0.4) is 0 Å². The standard InChI is InChI=1S/C8H9Cl2/c1-5-3-7(9)4-6(2)8(5)10/h3H,4H2,1-2H3. The molecule has 0 atom stereocenters. The van der Waals surface area contributed by atoms with Crippen LogP contribution in [-0.2, 0) is 0 Å². The van der Waals surface area contributed by atoms with Gasteiger partial charge in [0.2, 0.25) is 0 Å². The van der Waals surface area contributed by atoms with Gasteiger partial charge in [-0.2, -0.15) is 0 Å². The fourth-order valence-electron chi connectivity index (χ4n) is 1.02. The van der Waals surface area contributed by atoms with Crippen molar-refractivity contribution in [2.24, 2.45) is 0 Å². The van der Waals surface area contributed by atoms with Crippen LogP contribution < -0.4 is 0 Å². The van der Waals surface area contributed by atoms with Gasteiger partial charge in [0.1, 0.15) is 0 Å². The Morgan fingerprint density at radius 1 is 1.30 bits per heavy atom. The van der Waals surface area contributed by atoms with E-state index in [9.17, 15) is 0 Å². The number of rotatable bonds is 0. The van der Waals surface area contributed by atoms with Gasteiger partial charge in [0.15, 0.2) is 0 Å². The van der Waals surface area contributed by atoms with Gasteiger partial charge in [-0.25, -0.2) is 0 Å². The molecule has 55 valence electrons. The van der Waals surface area contributed by atoms with Crippen molar-refractivity contribution < 1.29 is 0 Å². The molecule has 0 fully saturated rings. The molecule has 0 saturated carbocycles. The second kappa shape index (κ2) is 2.98. The number of allylic oxidation sites excluding steroid dienone is 4. The Hall–Kier alpha value is 0.0600. The molecule has 0 bridgehead atoms. The maximum atomic E-state index is 5.92. The minimum atomic E-state index is 0.803. The van der Waals surface area contributed by atoms with Gasteiger partial charge in [0, 0.05) is 16.0 Å². The van der Waals surface area contributed by atoms with Gasteiger partial charge in [-0.15, -0.1) is 0 Å². The van der Waals surface area contributed by atoms with Gasteiger partial charge in [0.05, 0.1) is 0 Å². The average Bonchev–Trinajstić information content (AvgIpc) is 1.82. The summed E-state index contributed by atoms with van der Waals surface area (Å²) >= 11 is 11.7. The molecule has 1 aliphatic carbocycles. The zero-order chi connectivity index (χ0) is 7.72. The topological polar surface area (TPSA) is 0 Å². The molecule has 0 unspecified atom stereocenters. The van der Waals surface area contributed by atoms with Crippen molar-refractivity contribution in [1.82, 2.24) is 0 Å². The highest BCUT2D eigenvalue weighted by Crippen LogP contribution is 2.34. The van der Waals surface area contributed by atoms with E-state index in [1.54, 1.807) is 0 Å². The first-order chi connectivity index (χ1) is 4.61. The molecule has 0 N–H and O–H groups in total.